The van der Waals surface area contributed by atoms with Crippen LogP contribution < -0.4 is 0 Å². The number of unbranched alkanes of at least 4 members (excludes halogenated alkanes) is 2. The molecule has 1 saturated heterocycles. The van der Waals surface area contributed by atoms with Gasteiger partial charge in [0.05, 0.1) is 16.1 Å². The molecule has 182 valence electrons. The van der Waals surface area contributed by atoms with Gasteiger partial charge in [0.25, 0.3) is 0 Å². The third-order valence-corrected chi connectivity index (χ3v) is 11.3. The van der Waals surface area contributed by atoms with Gasteiger partial charge in [0, 0.05) is 0 Å². The van der Waals surface area contributed by atoms with Gasteiger partial charge in [-0.1, -0.05) is 88.1 Å². The molecule has 0 amide bonds. The minimum Gasteiger partial charge on any atom is -0.198 e. The number of nitriles is 1. The summed E-state index contributed by atoms with van der Waals surface area (Å²) >= 11 is 4.30. The first-order valence-electron chi connectivity index (χ1n) is 13.5. The molecule has 4 rings (SSSR count). The molecule has 1 aliphatic carbocycles. The van der Waals surface area contributed by atoms with Gasteiger partial charge in [-0.25, -0.2) is 0 Å². The fourth-order valence-corrected chi connectivity index (χ4v) is 8.93. The maximum absolute atomic E-state index is 9.69. The standard InChI is InChI=1S/C31H41NS2/c1-3-5-6-7-24-21-33-30(34-22-24)29-14-12-26(13-15-29)25-8-10-27(11-9-25)28-16-19-31(23-32,18-4-2)20-17-28/h8-15,24,28,30H,3-7,16-22H2,1-2H3. The second-order valence-corrected chi connectivity index (χ2v) is 13.1. The number of hydrogen-bond acceptors (Lipinski definition) is 3. The summed E-state index contributed by atoms with van der Waals surface area (Å²) in [7, 11) is 0. The molecule has 0 unspecified atom stereocenters. The molecule has 3 heteroatoms. The van der Waals surface area contributed by atoms with Crippen LogP contribution in [0, 0.1) is 22.7 Å². The van der Waals surface area contributed by atoms with Crippen molar-refractivity contribution in [2.24, 2.45) is 11.3 Å². The number of hydrogen-bond donors (Lipinski definition) is 0. The van der Waals surface area contributed by atoms with E-state index < -0.39 is 0 Å². The summed E-state index contributed by atoms with van der Waals surface area (Å²) < 4.78 is 0.596. The van der Waals surface area contributed by atoms with E-state index in [2.05, 4.69) is 92.0 Å². The highest BCUT2D eigenvalue weighted by Crippen LogP contribution is 2.47. The molecule has 0 aromatic heterocycles. The van der Waals surface area contributed by atoms with Gasteiger partial charge in [-0.15, -0.1) is 23.5 Å². The van der Waals surface area contributed by atoms with Crippen LogP contribution in [0.5, 0.6) is 0 Å². The molecule has 0 radical (unpaired) electrons. The average Bonchev–Trinajstić information content (AvgIpc) is 2.90. The van der Waals surface area contributed by atoms with Gasteiger partial charge >= 0.3 is 0 Å². The zero-order valence-electron chi connectivity index (χ0n) is 21.1. The maximum atomic E-state index is 9.69. The van der Waals surface area contributed by atoms with Gasteiger partial charge in [-0.05, 0) is 84.1 Å². The van der Waals surface area contributed by atoms with Gasteiger partial charge in [0.1, 0.15) is 0 Å². The van der Waals surface area contributed by atoms with Gasteiger partial charge in [0.15, 0.2) is 0 Å². The second kappa shape index (κ2) is 12.5. The molecule has 1 saturated carbocycles. The predicted molar refractivity (Wildman–Crippen MR) is 151 cm³/mol. The highest BCUT2D eigenvalue weighted by Gasteiger charge is 2.35. The van der Waals surface area contributed by atoms with Crippen molar-refractivity contribution >= 4 is 23.5 Å². The molecule has 0 bridgehead atoms. The van der Waals surface area contributed by atoms with E-state index in [1.54, 1.807) is 0 Å². The van der Waals surface area contributed by atoms with Crippen LogP contribution in [0.2, 0.25) is 0 Å². The normalized spacial score (nSPS) is 27.3. The molecule has 2 aliphatic rings. The number of nitrogens with zero attached hydrogens (tertiary/aromatic N) is 1. The quantitative estimate of drug-likeness (QED) is 0.326. The Kier molecular flexibility index (Phi) is 9.49. The topological polar surface area (TPSA) is 23.8 Å². The van der Waals surface area contributed by atoms with E-state index in [0.717, 1.165) is 44.4 Å². The summed E-state index contributed by atoms with van der Waals surface area (Å²) in [5.41, 5.74) is 5.49. The summed E-state index contributed by atoms with van der Waals surface area (Å²) in [5.74, 6) is 4.16. The zero-order valence-corrected chi connectivity index (χ0v) is 22.7. The summed E-state index contributed by atoms with van der Waals surface area (Å²) in [6.07, 6.45) is 12.1. The molecule has 2 aromatic rings. The van der Waals surface area contributed by atoms with Crippen LogP contribution in [0.15, 0.2) is 48.5 Å². The lowest BCUT2D eigenvalue weighted by atomic mass is 9.68. The van der Waals surface area contributed by atoms with Gasteiger partial charge in [-0.2, -0.15) is 5.26 Å². The fraction of sp³-hybridized carbons (Fsp3) is 0.581. The highest BCUT2D eigenvalue weighted by atomic mass is 32.2. The largest absolute Gasteiger partial charge is 0.198 e. The summed E-state index contributed by atoms with van der Waals surface area (Å²) in [4.78, 5) is 0. The maximum Gasteiger partial charge on any atom is 0.0751 e. The SMILES string of the molecule is CCCCCC1CSC(c2ccc(-c3ccc(C4CCC(C#N)(CCC)CC4)cc3)cc2)SC1. The predicted octanol–water partition coefficient (Wildman–Crippen LogP) is 10.00. The van der Waals surface area contributed by atoms with Crippen molar-refractivity contribution in [2.45, 2.75) is 88.6 Å². The minimum absolute atomic E-state index is 0.0577. The van der Waals surface area contributed by atoms with Crippen LogP contribution in [0.3, 0.4) is 0 Å². The Morgan fingerprint density at radius 3 is 1.94 bits per heavy atom. The number of benzene rings is 2. The summed E-state index contributed by atoms with van der Waals surface area (Å²) in [6.45, 7) is 4.50. The first-order chi connectivity index (χ1) is 16.7. The fourth-order valence-electron chi connectivity index (χ4n) is 5.77. The van der Waals surface area contributed by atoms with Crippen molar-refractivity contribution in [2.75, 3.05) is 11.5 Å². The molecule has 0 spiro atoms. The molecular formula is C31H41NS2. The van der Waals surface area contributed by atoms with Crippen molar-refractivity contribution in [3.05, 3.63) is 59.7 Å². The Labute approximate surface area is 216 Å². The Hall–Kier alpha value is -1.37. The molecule has 2 aromatic carbocycles. The van der Waals surface area contributed by atoms with Gasteiger partial charge < -0.3 is 0 Å². The lowest BCUT2D eigenvalue weighted by Gasteiger charge is -2.35. The highest BCUT2D eigenvalue weighted by molar-refractivity contribution is 8.16. The van der Waals surface area contributed by atoms with E-state index in [1.165, 1.54) is 59.4 Å². The van der Waals surface area contributed by atoms with Crippen LogP contribution in [0.4, 0.5) is 0 Å². The van der Waals surface area contributed by atoms with Crippen molar-refractivity contribution in [1.29, 1.82) is 5.26 Å². The minimum atomic E-state index is -0.0577. The number of thioether (sulfide) groups is 2. The van der Waals surface area contributed by atoms with Crippen molar-refractivity contribution in [1.82, 2.24) is 0 Å². The monoisotopic (exact) mass is 491 g/mol. The average molecular weight is 492 g/mol. The van der Waals surface area contributed by atoms with Crippen molar-refractivity contribution in [3.63, 3.8) is 0 Å². The molecule has 2 fully saturated rings. The third kappa shape index (κ3) is 6.44. The Morgan fingerprint density at radius 1 is 0.824 bits per heavy atom. The van der Waals surface area contributed by atoms with E-state index in [4.69, 9.17) is 0 Å². The van der Waals surface area contributed by atoms with Crippen LogP contribution >= 0.6 is 23.5 Å². The Morgan fingerprint density at radius 2 is 1.41 bits per heavy atom. The van der Waals surface area contributed by atoms with E-state index in [1.807, 2.05) is 0 Å². The molecule has 1 nitrogen and oxygen atoms in total. The van der Waals surface area contributed by atoms with Crippen molar-refractivity contribution in [3.8, 4) is 17.2 Å². The van der Waals surface area contributed by atoms with Crippen LogP contribution in [-0.2, 0) is 0 Å². The molecule has 1 heterocycles. The van der Waals surface area contributed by atoms with Crippen LogP contribution in [-0.4, -0.2) is 11.5 Å². The molecule has 0 atom stereocenters. The van der Waals surface area contributed by atoms with Crippen LogP contribution in [0.25, 0.3) is 11.1 Å². The summed E-state index contributed by atoms with van der Waals surface area (Å²) in [5, 5.41) is 9.69. The van der Waals surface area contributed by atoms with E-state index in [-0.39, 0.29) is 5.41 Å². The molecule has 1 aliphatic heterocycles. The zero-order chi connectivity index (χ0) is 23.8. The molecule has 34 heavy (non-hydrogen) atoms. The Bertz CT molecular complexity index is 911. The first-order valence-corrected chi connectivity index (χ1v) is 15.6. The second-order valence-electron chi connectivity index (χ2n) is 10.5. The molecule has 0 N–H and O–H groups in total. The lowest BCUT2D eigenvalue weighted by Crippen LogP contribution is -2.25. The Balaban J connectivity index is 1.31. The van der Waals surface area contributed by atoms with Gasteiger partial charge in [0.2, 0.25) is 0 Å². The van der Waals surface area contributed by atoms with Gasteiger partial charge in [-0.3, -0.25) is 0 Å². The number of rotatable bonds is 9. The first kappa shape index (κ1) is 25.7. The van der Waals surface area contributed by atoms with E-state index in [9.17, 15) is 5.26 Å². The summed E-state index contributed by atoms with van der Waals surface area (Å²) in [6, 6.07) is 21.2. The van der Waals surface area contributed by atoms with Crippen LogP contribution in [0.1, 0.15) is 99.7 Å². The smallest absolute Gasteiger partial charge is 0.0751 e. The lowest BCUT2D eigenvalue weighted by molar-refractivity contribution is 0.228. The molecular weight excluding hydrogens is 450 g/mol. The van der Waals surface area contributed by atoms with E-state index in [0.29, 0.717) is 10.5 Å². The van der Waals surface area contributed by atoms with E-state index >= 15 is 0 Å². The van der Waals surface area contributed by atoms with Crippen molar-refractivity contribution < 1.29 is 0 Å². The third-order valence-electron chi connectivity index (χ3n) is 7.99.